The monoisotopic (exact) mass is 338 g/mol. The molecule has 0 radical (unpaired) electrons. The number of rotatable bonds is 8. The van der Waals surface area contributed by atoms with E-state index in [1.165, 1.54) is 0 Å². The fourth-order valence-corrected chi connectivity index (χ4v) is 2.23. The minimum Gasteiger partial charge on any atom is -0.355 e. The van der Waals surface area contributed by atoms with Crippen LogP contribution in [0.25, 0.3) is 10.9 Å². The van der Waals surface area contributed by atoms with Crippen LogP contribution < -0.4 is 16.2 Å². The lowest BCUT2D eigenvalue weighted by molar-refractivity contribution is -0.121. The summed E-state index contributed by atoms with van der Waals surface area (Å²) < 4.78 is 0. The molecule has 1 heterocycles. The van der Waals surface area contributed by atoms with E-state index in [2.05, 4.69) is 20.6 Å². The molecule has 0 aliphatic carbocycles. The van der Waals surface area contributed by atoms with Gasteiger partial charge in [0.25, 0.3) is 5.56 Å². The summed E-state index contributed by atoms with van der Waals surface area (Å²) in [5.74, 6) is 0.658. The maximum absolute atomic E-state index is 11.9. The molecule has 1 aromatic carbocycles. The van der Waals surface area contributed by atoms with E-state index in [4.69, 9.17) is 0 Å². The van der Waals surface area contributed by atoms with Gasteiger partial charge < -0.3 is 15.6 Å². The molecule has 0 aliphatic heterocycles. The van der Waals surface area contributed by atoms with Crippen molar-refractivity contribution in [3.63, 3.8) is 0 Å². The summed E-state index contributed by atoms with van der Waals surface area (Å²) in [6, 6.07) is 7.25. The van der Waals surface area contributed by atoms with Gasteiger partial charge in [-0.25, -0.2) is 4.98 Å². The number of aryl methyl sites for hydroxylation is 1. The van der Waals surface area contributed by atoms with Crippen LogP contribution in [0.5, 0.6) is 0 Å². The van der Waals surface area contributed by atoms with Crippen LogP contribution in [0, 0.1) is 0 Å². The summed E-state index contributed by atoms with van der Waals surface area (Å²) in [6.07, 6.45) is 1.68. The number of nitrogens with zero attached hydrogens (tertiary/aromatic N) is 1. The van der Waals surface area contributed by atoms with Crippen molar-refractivity contribution < 1.29 is 4.79 Å². The van der Waals surface area contributed by atoms with Crippen molar-refractivity contribution in [3.05, 3.63) is 40.4 Å². The Morgan fingerprint density at radius 2 is 2.04 bits per heavy atom. The van der Waals surface area contributed by atoms with E-state index in [-0.39, 0.29) is 23.9 Å². The number of para-hydroxylation sites is 1. The van der Waals surface area contributed by atoms with Gasteiger partial charge in [0.15, 0.2) is 0 Å². The maximum atomic E-state index is 11.9. The fraction of sp³-hybridized carbons (Fsp3) is 0.438. The van der Waals surface area contributed by atoms with Crippen molar-refractivity contribution in [1.29, 1.82) is 0 Å². The number of likely N-dealkylation sites (N-methyl/N-ethyl adjacent to an activating group) is 1. The molecule has 0 unspecified atom stereocenters. The Labute approximate surface area is 141 Å². The van der Waals surface area contributed by atoms with Crippen LogP contribution in [0.3, 0.4) is 0 Å². The Balaban J connectivity index is 0.00000264. The van der Waals surface area contributed by atoms with Gasteiger partial charge in [0.2, 0.25) is 5.91 Å². The molecule has 2 rings (SSSR count). The minimum atomic E-state index is -0.129. The van der Waals surface area contributed by atoms with Crippen molar-refractivity contribution in [2.75, 3.05) is 19.6 Å². The summed E-state index contributed by atoms with van der Waals surface area (Å²) in [6.45, 7) is 4.34. The second-order valence-electron chi connectivity index (χ2n) is 5.09. The summed E-state index contributed by atoms with van der Waals surface area (Å²) in [4.78, 5) is 30.8. The van der Waals surface area contributed by atoms with Crippen molar-refractivity contribution in [3.8, 4) is 0 Å². The number of carbonyl (C=O) groups excluding carboxylic acids is 1. The van der Waals surface area contributed by atoms with Gasteiger partial charge in [-0.2, -0.15) is 0 Å². The quantitative estimate of drug-likeness (QED) is 0.635. The van der Waals surface area contributed by atoms with Gasteiger partial charge in [-0.1, -0.05) is 19.1 Å². The highest BCUT2D eigenvalue weighted by molar-refractivity contribution is 5.85. The maximum Gasteiger partial charge on any atom is 0.258 e. The second kappa shape index (κ2) is 9.97. The van der Waals surface area contributed by atoms with E-state index in [9.17, 15) is 9.59 Å². The zero-order chi connectivity index (χ0) is 15.8. The number of aromatic amines is 1. The van der Waals surface area contributed by atoms with Crippen molar-refractivity contribution >= 4 is 29.2 Å². The molecule has 1 aromatic heterocycles. The van der Waals surface area contributed by atoms with Crippen molar-refractivity contribution in [1.82, 2.24) is 20.6 Å². The largest absolute Gasteiger partial charge is 0.355 e. The lowest BCUT2D eigenvalue weighted by Crippen LogP contribution is -2.31. The molecule has 0 aliphatic rings. The number of nitrogens with one attached hydrogen (secondary N) is 3. The molecule has 126 valence electrons. The van der Waals surface area contributed by atoms with Crippen LogP contribution in [-0.4, -0.2) is 35.5 Å². The summed E-state index contributed by atoms with van der Waals surface area (Å²) in [7, 11) is 0. The number of halogens is 1. The SMILES string of the molecule is CCNCCNC(=O)CCCc1nc2ccccc2c(=O)[nH]1.Cl. The molecule has 7 heteroatoms. The molecule has 3 N–H and O–H groups in total. The van der Waals surface area contributed by atoms with Crippen LogP contribution in [0.4, 0.5) is 0 Å². The Kier molecular flexibility index (Phi) is 8.29. The third-order valence-corrected chi connectivity index (χ3v) is 3.35. The van der Waals surface area contributed by atoms with Gasteiger partial charge in [-0.15, -0.1) is 12.4 Å². The molecule has 2 aromatic rings. The van der Waals surface area contributed by atoms with Gasteiger partial charge in [-0.3, -0.25) is 9.59 Å². The number of benzene rings is 1. The third-order valence-electron chi connectivity index (χ3n) is 3.35. The highest BCUT2D eigenvalue weighted by Gasteiger charge is 2.05. The number of fused-ring (bicyclic) bond motifs is 1. The van der Waals surface area contributed by atoms with Crippen LogP contribution in [0.2, 0.25) is 0 Å². The van der Waals surface area contributed by atoms with E-state index in [0.717, 1.165) is 13.1 Å². The van der Waals surface area contributed by atoms with Crippen LogP contribution in [0.15, 0.2) is 29.1 Å². The first kappa shape index (κ1) is 19.1. The first-order chi connectivity index (χ1) is 10.7. The van der Waals surface area contributed by atoms with Crippen LogP contribution >= 0.6 is 12.4 Å². The number of hydrogen-bond donors (Lipinski definition) is 3. The highest BCUT2D eigenvalue weighted by Crippen LogP contribution is 2.07. The van der Waals surface area contributed by atoms with E-state index in [1.807, 2.05) is 25.1 Å². The Morgan fingerprint density at radius 3 is 2.83 bits per heavy atom. The summed E-state index contributed by atoms with van der Waals surface area (Å²) >= 11 is 0. The van der Waals surface area contributed by atoms with Crippen molar-refractivity contribution in [2.24, 2.45) is 0 Å². The number of H-pyrrole nitrogens is 1. The number of aromatic nitrogens is 2. The van der Waals surface area contributed by atoms with Gasteiger partial charge in [0.05, 0.1) is 10.9 Å². The van der Waals surface area contributed by atoms with Gasteiger partial charge in [-0.05, 0) is 25.1 Å². The number of amides is 1. The van der Waals surface area contributed by atoms with Crippen LogP contribution in [0.1, 0.15) is 25.6 Å². The molecule has 0 fully saturated rings. The molecule has 1 amide bonds. The smallest absolute Gasteiger partial charge is 0.258 e. The molecule has 0 atom stereocenters. The first-order valence-electron chi connectivity index (χ1n) is 7.66. The molecular weight excluding hydrogens is 316 g/mol. The Morgan fingerprint density at radius 1 is 1.26 bits per heavy atom. The van der Waals surface area contributed by atoms with E-state index in [0.29, 0.717) is 42.5 Å². The zero-order valence-corrected chi connectivity index (χ0v) is 14.0. The standard InChI is InChI=1S/C16H22N4O2.ClH/c1-2-17-10-11-18-15(21)9-5-8-14-19-13-7-4-3-6-12(13)16(22)20-14;/h3-4,6-7,17H,2,5,8-11H2,1H3,(H,18,21)(H,19,20,22);1H. The topological polar surface area (TPSA) is 86.9 Å². The molecule has 6 nitrogen and oxygen atoms in total. The summed E-state index contributed by atoms with van der Waals surface area (Å²) in [5, 5.41) is 6.59. The normalized spacial score (nSPS) is 10.3. The van der Waals surface area contributed by atoms with Gasteiger partial charge >= 0.3 is 0 Å². The van der Waals surface area contributed by atoms with E-state index < -0.39 is 0 Å². The van der Waals surface area contributed by atoms with E-state index >= 15 is 0 Å². The lowest BCUT2D eigenvalue weighted by atomic mass is 10.2. The number of carbonyl (C=O) groups is 1. The molecular formula is C16H23ClN4O2. The van der Waals surface area contributed by atoms with E-state index in [1.54, 1.807) is 6.07 Å². The predicted molar refractivity (Wildman–Crippen MR) is 94.1 cm³/mol. The first-order valence-corrected chi connectivity index (χ1v) is 7.66. The molecule has 0 spiro atoms. The molecule has 0 bridgehead atoms. The third kappa shape index (κ3) is 6.00. The van der Waals surface area contributed by atoms with Gasteiger partial charge in [0.1, 0.15) is 5.82 Å². The van der Waals surface area contributed by atoms with Gasteiger partial charge in [0, 0.05) is 25.9 Å². The Bertz CT molecular complexity index is 687. The molecule has 0 saturated heterocycles. The molecule has 0 saturated carbocycles. The van der Waals surface area contributed by atoms with Crippen LogP contribution in [-0.2, 0) is 11.2 Å². The second-order valence-corrected chi connectivity index (χ2v) is 5.09. The fourth-order valence-electron chi connectivity index (χ4n) is 2.23. The number of hydrogen-bond acceptors (Lipinski definition) is 4. The average Bonchev–Trinajstić information content (AvgIpc) is 2.52. The average molecular weight is 339 g/mol. The van der Waals surface area contributed by atoms with Crippen molar-refractivity contribution in [2.45, 2.75) is 26.2 Å². The zero-order valence-electron chi connectivity index (χ0n) is 13.2. The summed E-state index contributed by atoms with van der Waals surface area (Å²) in [5.41, 5.74) is 0.562. The molecule has 23 heavy (non-hydrogen) atoms. The highest BCUT2D eigenvalue weighted by atomic mass is 35.5. The predicted octanol–water partition coefficient (Wildman–Crippen LogP) is 1.39. The Hall–Kier alpha value is -1.92. The minimum absolute atomic E-state index is 0. The lowest BCUT2D eigenvalue weighted by Gasteiger charge is -2.06.